The van der Waals surface area contributed by atoms with E-state index in [4.69, 9.17) is 0 Å². The van der Waals surface area contributed by atoms with Crippen molar-refractivity contribution in [2.24, 2.45) is 11.8 Å². The Morgan fingerprint density at radius 3 is 1.83 bits per heavy atom. The molecule has 0 spiro atoms. The molecule has 0 saturated heterocycles. The zero-order chi connectivity index (χ0) is 40.9. The zero-order valence-electron chi connectivity index (χ0n) is 35.2. The highest BCUT2D eigenvalue weighted by Crippen LogP contribution is 2.42. The van der Waals surface area contributed by atoms with Crippen LogP contribution >= 0.6 is 0 Å². The van der Waals surface area contributed by atoms with E-state index in [0.717, 1.165) is 11.4 Å². The summed E-state index contributed by atoms with van der Waals surface area (Å²) < 4.78 is 0. The summed E-state index contributed by atoms with van der Waals surface area (Å²) >= 11 is 0. The van der Waals surface area contributed by atoms with Crippen LogP contribution in [0.1, 0.15) is 52.7 Å². The molecule has 1 heteroatoms. The average molecular weight is 756 g/mol. The highest BCUT2D eigenvalue weighted by atomic mass is 15.1. The van der Waals surface area contributed by atoms with Crippen molar-refractivity contribution in [2.45, 2.75) is 48.5 Å². The molecule has 0 aromatic heterocycles. The molecule has 9 rings (SSSR count). The van der Waals surface area contributed by atoms with Crippen molar-refractivity contribution in [3.8, 4) is 0 Å². The Balaban J connectivity index is 0.000000192. The molecular formula is C57H57N. The van der Waals surface area contributed by atoms with E-state index in [1.54, 1.807) is 0 Å². The van der Waals surface area contributed by atoms with Gasteiger partial charge >= 0.3 is 0 Å². The van der Waals surface area contributed by atoms with Crippen LogP contribution in [0.25, 0.3) is 38.8 Å². The van der Waals surface area contributed by atoms with E-state index in [0.29, 0.717) is 11.8 Å². The predicted octanol–water partition coefficient (Wildman–Crippen LogP) is 14.9. The summed E-state index contributed by atoms with van der Waals surface area (Å²) in [6.45, 7) is 14.8. The number of fused-ring (bicyclic) bond motifs is 5. The van der Waals surface area contributed by atoms with E-state index >= 15 is 0 Å². The molecule has 0 aliphatic heterocycles. The Morgan fingerprint density at radius 1 is 0.569 bits per heavy atom. The molecule has 0 saturated carbocycles. The van der Waals surface area contributed by atoms with Crippen LogP contribution in [0.3, 0.4) is 0 Å². The topological polar surface area (TPSA) is 3.24 Å². The first-order valence-electron chi connectivity index (χ1n) is 20.7. The van der Waals surface area contributed by atoms with Crippen LogP contribution < -0.4 is 15.3 Å². The maximum Gasteiger partial charge on any atom is 0.0546 e. The quantitative estimate of drug-likeness (QED) is 0.125. The summed E-state index contributed by atoms with van der Waals surface area (Å²) in [5, 5.41) is 7.83. The summed E-state index contributed by atoms with van der Waals surface area (Å²) in [5.74, 6) is 1.18. The van der Waals surface area contributed by atoms with Crippen LogP contribution in [-0.4, -0.2) is 0 Å². The van der Waals surface area contributed by atoms with Crippen LogP contribution in [-0.2, 0) is 0 Å². The van der Waals surface area contributed by atoms with E-state index in [9.17, 15) is 0 Å². The molecule has 2 aliphatic rings. The number of allylic oxidation sites excluding steroid dienone is 8. The fraction of sp³-hybridized carbons (Fsp3) is 0.158. The first-order chi connectivity index (χ1) is 28.4. The number of aryl methyl sites for hydroxylation is 1. The Hall–Kier alpha value is -6.44. The molecule has 7 aromatic rings. The van der Waals surface area contributed by atoms with Crippen molar-refractivity contribution >= 4 is 55.8 Å². The van der Waals surface area contributed by atoms with Gasteiger partial charge in [0, 0.05) is 22.7 Å². The number of hydrogen-bond acceptors (Lipinski definition) is 1. The van der Waals surface area contributed by atoms with E-state index in [2.05, 4.69) is 228 Å². The highest BCUT2D eigenvalue weighted by molar-refractivity contribution is 6.14. The second kappa shape index (κ2) is 20.1. The molecule has 2 atom stereocenters. The van der Waals surface area contributed by atoms with Gasteiger partial charge in [-0.2, -0.15) is 0 Å². The van der Waals surface area contributed by atoms with Gasteiger partial charge in [-0.3, -0.25) is 0 Å². The Kier molecular flexibility index (Phi) is 14.3. The lowest BCUT2D eigenvalue weighted by Gasteiger charge is -2.27. The van der Waals surface area contributed by atoms with Crippen LogP contribution in [0, 0.1) is 18.8 Å². The van der Waals surface area contributed by atoms with Gasteiger partial charge in [0.25, 0.3) is 0 Å². The summed E-state index contributed by atoms with van der Waals surface area (Å²) in [6.07, 6.45) is 15.6. The van der Waals surface area contributed by atoms with Gasteiger partial charge in [-0.15, -0.1) is 0 Å². The Labute approximate surface area is 347 Å². The van der Waals surface area contributed by atoms with Crippen LogP contribution in [0.4, 0.5) is 17.1 Å². The fourth-order valence-electron chi connectivity index (χ4n) is 7.60. The minimum absolute atomic E-state index is 0.574. The molecule has 0 bridgehead atoms. The van der Waals surface area contributed by atoms with Gasteiger partial charge in [-0.05, 0) is 107 Å². The number of anilines is 3. The van der Waals surface area contributed by atoms with Crippen molar-refractivity contribution in [3.63, 3.8) is 0 Å². The molecule has 58 heavy (non-hydrogen) atoms. The molecule has 1 nitrogen and oxygen atoms in total. The number of hydrogen-bond donors (Lipinski definition) is 0. The van der Waals surface area contributed by atoms with Crippen molar-refractivity contribution in [1.29, 1.82) is 0 Å². The maximum absolute atomic E-state index is 2.38. The fourth-order valence-corrected chi connectivity index (χ4v) is 7.60. The lowest BCUT2D eigenvalue weighted by Crippen LogP contribution is -2.35. The minimum atomic E-state index is 0.574. The third kappa shape index (κ3) is 9.92. The molecule has 0 heterocycles. The van der Waals surface area contributed by atoms with Gasteiger partial charge in [-0.25, -0.2) is 0 Å². The largest absolute Gasteiger partial charge is 0.310 e. The molecule has 0 amide bonds. The number of para-hydroxylation sites is 1. The minimum Gasteiger partial charge on any atom is -0.310 e. The monoisotopic (exact) mass is 755 g/mol. The smallest absolute Gasteiger partial charge is 0.0546 e. The van der Waals surface area contributed by atoms with Crippen molar-refractivity contribution in [3.05, 3.63) is 227 Å². The second-order valence-corrected chi connectivity index (χ2v) is 15.0. The summed E-state index contributed by atoms with van der Waals surface area (Å²) in [6, 6.07) is 58.2. The van der Waals surface area contributed by atoms with Crippen molar-refractivity contribution in [1.82, 2.24) is 0 Å². The summed E-state index contributed by atoms with van der Waals surface area (Å²) in [5.41, 5.74) is 10.1. The van der Waals surface area contributed by atoms with Gasteiger partial charge in [0.15, 0.2) is 0 Å². The first kappa shape index (κ1) is 41.2. The van der Waals surface area contributed by atoms with Crippen LogP contribution in [0.2, 0.25) is 0 Å². The molecule has 0 fully saturated rings. The van der Waals surface area contributed by atoms with Crippen LogP contribution in [0.5, 0.6) is 0 Å². The highest BCUT2D eigenvalue weighted by Gasteiger charge is 2.21. The maximum atomic E-state index is 2.38. The Morgan fingerprint density at radius 2 is 1.16 bits per heavy atom. The molecule has 2 aliphatic carbocycles. The Bertz CT molecular complexity index is 2670. The van der Waals surface area contributed by atoms with E-state index < -0.39 is 0 Å². The van der Waals surface area contributed by atoms with E-state index in [1.165, 1.54) is 65.5 Å². The average Bonchev–Trinajstić information content (AvgIpc) is 3.28. The molecular weight excluding hydrogens is 699 g/mol. The summed E-state index contributed by atoms with van der Waals surface area (Å²) in [4.78, 5) is 2.37. The van der Waals surface area contributed by atoms with E-state index in [1.807, 2.05) is 32.0 Å². The molecule has 0 N–H and O–H groups in total. The number of rotatable bonds is 5. The van der Waals surface area contributed by atoms with Gasteiger partial charge in [0.1, 0.15) is 0 Å². The van der Waals surface area contributed by atoms with Crippen molar-refractivity contribution < 1.29 is 0 Å². The standard InChI is InChI=1S/C33H29N.C15H14.C7H8.C2H6/c1-24(2)17-18-25(3)26-19-21-29(22-20-26)34(28-12-5-4-6-13-28)33-23-27-11-7-8-14-30(27)31-15-9-10-16-32(31)33;1-11-10-12-6-2-3-8-14(12)15-9-5-4-7-13(11)15;1-7-5-3-2-4-6-7;1-2/h4-23H,1-3H3;2-11,13H,1H3;2-6H,1H3;1-2H3/b25-18+;;;. The number of nitrogens with zero attached hydrogens (tertiary/aromatic N) is 1. The van der Waals surface area contributed by atoms with Gasteiger partial charge in [-0.1, -0.05) is 208 Å². The first-order valence-corrected chi connectivity index (χ1v) is 20.7. The second-order valence-electron chi connectivity index (χ2n) is 15.0. The van der Waals surface area contributed by atoms with Crippen molar-refractivity contribution in [2.75, 3.05) is 4.90 Å². The van der Waals surface area contributed by atoms with Gasteiger partial charge in [0.05, 0.1) is 5.69 Å². The van der Waals surface area contributed by atoms with Gasteiger partial charge in [0.2, 0.25) is 0 Å². The predicted molar refractivity (Wildman–Crippen MR) is 256 cm³/mol. The third-order valence-corrected chi connectivity index (χ3v) is 10.5. The lowest BCUT2D eigenvalue weighted by atomic mass is 9.79. The molecule has 7 aromatic carbocycles. The zero-order valence-corrected chi connectivity index (χ0v) is 35.2. The third-order valence-electron chi connectivity index (χ3n) is 10.5. The molecule has 2 unspecified atom stereocenters. The number of benzene rings is 7. The normalized spacial score (nSPS) is 14.9. The molecule has 290 valence electrons. The summed E-state index contributed by atoms with van der Waals surface area (Å²) in [7, 11) is 0. The molecule has 0 radical (unpaired) electrons. The SMILES string of the molecule is CC.CC(C)=C/C=C(\C)c1ccc(N(c2ccccc2)c2cc3ccccc3c3ccccc23)cc1.CC1C=c2ccccc2=C2C=CC=CC21.Cc1ccccc1. The van der Waals surface area contributed by atoms with E-state index in [-0.39, 0.29) is 0 Å². The lowest BCUT2D eigenvalue weighted by molar-refractivity contribution is 0.649. The van der Waals surface area contributed by atoms with Gasteiger partial charge < -0.3 is 4.90 Å². The van der Waals surface area contributed by atoms with Crippen LogP contribution in [0.15, 0.2) is 206 Å².